The number of carbonyl (C=O) groups excluding carboxylic acids is 1. The lowest BCUT2D eigenvalue weighted by atomic mass is 10.1. The monoisotopic (exact) mass is 270 g/mol. The van der Waals surface area contributed by atoms with Gasteiger partial charge in [0.1, 0.15) is 0 Å². The second-order valence-electron chi connectivity index (χ2n) is 4.52. The molecule has 0 fully saturated rings. The Morgan fingerprint density at radius 3 is 2.30 bits per heavy atom. The molecule has 2 aromatic carbocycles. The molecule has 4 N–H and O–H groups in total. The average molecular weight is 270 g/mol. The number of benzene rings is 2. The first kappa shape index (κ1) is 14.2. The minimum atomic E-state index is -0.405. The summed E-state index contributed by atoms with van der Waals surface area (Å²) in [5.41, 5.74) is 7.93. The lowest BCUT2D eigenvalue weighted by molar-refractivity contribution is 0.0916. The number of nitrogens with two attached hydrogens (primary N) is 1. The van der Waals surface area contributed by atoms with E-state index in [1.807, 2.05) is 42.5 Å². The van der Waals surface area contributed by atoms with Gasteiger partial charge in [0, 0.05) is 12.1 Å². The molecule has 0 saturated heterocycles. The van der Waals surface area contributed by atoms with Crippen LogP contribution in [0.1, 0.15) is 27.5 Å². The normalized spacial score (nSPS) is 11.9. The maximum atomic E-state index is 12.1. The van der Waals surface area contributed by atoms with Gasteiger partial charge in [-0.1, -0.05) is 42.5 Å². The number of aliphatic hydroxyl groups excluding tert-OH is 1. The molecule has 0 aliphatic heterocycles. The fourth-order valence-electron chi connectivity index (χ4n) is 1.95. The van der Waals surface area contributed by atoms with Crippen molar-refractivity contribution in [1.29, 1.82) is 0 Å². The van der Waals surface area contributed by atoms with Gasteiger partial charge in [-0.15, -0.1) is 0 Å². The summed E-state index contributed by atoms with van der Waals surface area (Å²) < 4.78 is 0. The van der Waals surface area contributed by atoms with E-state index in [0.29, 0.717) is 12.1 Å². The summed E-state index contributed by atoms with van der Waals surface area (Å²) in [4.78, 5) is 12.1. The van der Waals surface area contributed by atoms with Crippen molar-refractivity contribution in [2.45, 2.75) is 12.6 Å². The minimum Gasteiger partial charge on any atom is -0.394 e. The van der Waals surface area contributed by atoms with E-state index in [4.69, 9.17) is 5.73 Å². The smallest absolute Gasteiger partial charge is 0.251 e. The van der Waals surface area contributed by atoms with Crippen molar-refractivity contribution in [2.24, 2.45) is 5.73 Å². The van der Waals surface area contributed by atoms with Crippen LogP contribution in [0.3, 0.4) is 0 Å². The van der Waals surface area contributed by atoms with Crippen LogP contribution in [0.4, 0.5) is 0 Å². The van der Waals surface area contributed by atoms with E-state index in [1.54, 1.807) is 12.1 Å². The van der Waals surface area contributed by atoms with Gasteiger partial charge in [0.2, 0.25) is 0 Å². The topological polar surface area (TPSA) is 75.4 Å². The molecule has 4 nitrogen and oxygen atoms in total. The van der Waals surface area contributed by atoms with Crippen LogP contribution >= 0.6 is 0 Å². The zero-order valence-corrected chi connectivity index (χ0v) is 11.1. The van der Waals surface area contributed by atoms with Crippen molar-refractivity contribution in [3.8, 4) is 0 Å². The molecule has 0 aromatic heterocycles. The predicted octanol–water partition coefficient (Wildman–Crippen LogP) is 1.61. The molecule has 0 saturated carbocycles. The Kier molecular flexibility index (Phi) is 4.87. The molecule has 0 bridgehead atoms. The molecule has 104 valence electrons. The Morgan fingerprint density at radius 1 is 1.10 bits per heavy atom. The molecule has 0 aliphatic rings. The lowest BCUT2D eigenvalue weighted by Crippen LogP contribution is -2.30. The second-order valence-corrected chi connectivity index (χ2v) is 4.52. The van der Waals surface area contributed by atoms with Crippen LogP contribution in [0.5, 0.6) is 0 Å². The van der Waals surface area contributed by atoms with E-state index in [9.17, 15) is 9.90 Å². The SMILES string of the molecule is NCc1ccc(C(=O)N[C@H](CO)c2ccccc2)cc1. The Hall–Kier alpha value is -2.17. The second kappa shape index (κ2) is 6.84. The van der Waals surface area contributed by atoms with E-state index >= 15 is 0 Å². The van der Waals surface area contributed by atoms with E-state index < -0.39 is 6.04 Å². The fraction of sp³-hybridized carbons (Fsp3) is 0.188. The van der Waals surface area contributed by atoms with Gasteiger partial charge in [-0.2, -0.15) is 0 Å². The molecule has 1 atom stereocenters. The summed E-state index contributed by atoms with van der Waals surface area (Å²) in [6.45, 7) is 0.307. The largest absolute Gasteiger partial charge is 0.394 e. The van der Waals surface area contributed by atoms with Crippen molar-refractivity contribution < 1.29 is 9.90 Å². The maximum absolute atomic E-state index is 12.1. The van der Waals surface area contributed by atoms with Crippen molar-refractivity contribution in [3.05, 3.63) is 71.3 Å². The molecule has 0 heterocycles. The standard InChI is InChI=1S/C16H18N2O2/c17-10-12-6-8-14(9-7-12)16(20)18-15(11-19)13-4-2-1-3-5-13/h1-9,15,19H,10-11,17H2,(H,18,20)/t15-/m1/s1. The number of aliphatic hydroxyl groups is 1. The predicted molar refractivity (Wildman–Crippen MR) is 78.1 cm³/mol. The molecule has 0 radical (unpaired) electrons. The van der Waals surface area contributed by atoms with Crippen LogP contribution < -0.4 is 11.1 Å². The fourth-order valence-corrected chi connectivity index (χ4v) is 1.95. The molecule has 0 unspecified atom stereocenters. The third-order valence-corrected chi connectivity index (χ3v) is 3.14. The quantitative estimate of drug-likeness (QED) is 0.772. The van der Waals surface area contributed by atoms with E-state index in [0.717, 1.165) is 11.1 Å². The van der Waals surface area contributed by atoms with Gasteiger partial charge in [-0.3, -0.25) is 4.79 Å². The van der Waals surface area contributed by atoms with Gasteiger partial charge in [0.05, 0.1) is 12.6 Å². The summed E-state index contributed by atoms with van der Waals surface area (Å²) in [6.07, 6.45) is 0. The number of hydrogen-bond donors (Lipinski definition) is 3. The molecule has 4 heteroatoms. The highest BCUT2D eigenvalue weighted by Gasteiger charge is 2.14. The molecule has 1 amide bonds. The molecule has 20 heavy (non-hydrogen) atoms. The van der Waals surface area contributed by atoms with E-state index in [2.05, 4.69) is 5.32 Å². The minimum absolute atomic E-state index is 0.142. The number of amides is 1. The Bertz CT molecular complexity index is 552. The molecular weight excluding hydrogens is 252 g/mol. The van der Waals surface area contributed by atoms with Crippen LogP contribution in [0, 0.1) is 0 Å². The third-order valence-electron chi connectivity index (χ3n) is 3.14. The summed E-state index contributed by atoms with van der Waals surface area (Å²) >= 11 is 0. The molecule has 2 aromatic rings. The Morgan fingerprint density at radius 2 is 1.75 bits per heavy atom. The highest BCUT2D eigenvalue weighted by atomic mass is 16.3. The van der Waals surface area contributed by atoms with Gasteiger partial charge in [0.25, 0.3) is 5.91 Å². The van der Waals surface area contributed by atoms with E-state index in [-0.39, 0.29) is 12.5 Å². The first-order chi connectivity index (χ1) is 9.74. The van der Waals surface area contributed by atoms with Gasteiger partial charge >= 0.3 is 0 Å². The Labute approximate surface area is 118 Å². The van der Waals surface area contributed by atoms with Crippen LogP contribution in [-0.2, 0) is 6.54 Å². The van der Waals surface area contributed by atoms with Crippen LogP contribution in [-0.4, -0.2) is 17.6 Å². The third kappa shape index (κ3) is 3.44. The van der Waals surface area contributed by atoms with Crippen LogP contribution in [0.2, 0.25) is 0 Å². The number of hydrogen-bond acceptors (Lipinski definition) is 3. The van der Waals surface area contributed by atoms with Crippen LogP contribution in [0.25, 0.3) is 0 Å². The van der Waals surface area contributed by atoms with Crippen molar-refractivity contribution in [1.82, 2.24) is 5.32 Å². The van der Waals surface area contributed by atoms with Gasteiger partial charge in [0.15, 0.2) is 0 Å². The first-order valence-electron chi connectivity index (χ1n) is 6.50. The lowest BCUT2D eigenvalue weighted by Gasteiger charge is -2.16. The zero-order valence-electron chi connectivity index (χ0n) is 11.1. The van der Waals surface area contributed by atoms with E-state index in [1.165, 1.54) is 0 Å². The molecule has 2 rings (SSSR count). The van der Waals surface area contributed by atoms with Gasteiger partial charge in [-0.25, -0.2) is 0 Å². The van der Waals surface area contributed by atoms with Gasteiger partial charge < -0.3 is 16.2 Å². The molecule has 0 spiro atoms. The first-order valence-corrected chi connectivity index (χ1v) is 6.50. The van der Waals surface area contributed by atoms with Crippen molar-refractivity contribution >= 4 is 5.91 Å². The van der Waals surface area contributed by atoms with Crippen molar-refractivity contribution in [2.75, 3.05) is 6.61 Å². The average Bonchev–Trinajstić information content (AvgIpc) is 2.53. The number of nitrogens with one attached hydrogen (secondary N) is 1. The van der Waals surface area contributed by atoms with Gasteiger partial charge in [-0.05, 0) is 23.3 Å². The summed E-state index contributed by atoms with van der Waals surface area (Å²) in [5, 5.41) is 12.2. The maximum Gasteiger partial charge on any atom is 0.251 e. The molecular formula is C16H18N2O2. The van der Waals surface area contributed by atoms with Crippen LogP contribution in [0.15, 0.2) is 54.6 Å². The summed E-state index contributed by atoms with van der Waals surface area (Å²) in [5.74, 6) is -0.212. The highest BCUT2D eigenvalue weighted by molar-refractivity contribution is 5.94. The highest BCUT2D eigenvalue weighted by Crippen LogP contribution is 2.13. The molecule has 0 aliphatic carbocycles. The number of rotatable bonds is 5. The Balaban J connectivity index is 2.09. The summed E-state index contributed by atoms with van der Waals surface area (Å²) in [6, 6.07) is 16.1. The number of carbonyl (C=O) groups is 1. The summed E-state index contributed by atoms with van der Waals surface area (Å²) in [7, 11) is 0. The van der Waals surface area contributed by atoms with Crippen molar-refractivity contribution in [3.63, 3.8) is 0 Å². The zero-order chi connectivity index (χ0) is 14.4.